The molecule has 0 saturated carbocycles. The van der Waals surface area contributed by atoms with Gasteiger partial charge in [0.2, 0.25) is 5.91 Å². The molecule has 0 aromatic heterocycles. The number of para-hydroxylation sites is 1. The number of likely N-dealkylation sites (tertiary alicyclic amines) is 1. The van der Waals surface area contributed by atoms with Crippen molar-refractivity contribution in [2.75, 3.05) is 36.9 Å². The Labute approximate surface area is 177 Å². The van der Waals surface area contributed by atoms with Crippen LogP contribution in [0.4, 0.5) is 5.69 Å². The number of carbonyl (C=O) groups is 1. The number of nitrogens with zero attached hydrogens (tertiary/aromatic N) is 3. The molecule has 0 radical (unpaired) electrons. The van der Waals surface area contributed by atoms with Crippen LogP contribution in [0.25, 0.3) is 0 Å². The SMILES string of the molecule is O=C1C2CSc3ccccc3C2N(CCCCN2CCCC2)N1c1ccccc1. The van der Waals surface area contributed by atoms with Crippen LogP contribution in [0, 0.1) is 5.92 Å². The van der Waals surface area contributed by atoms with E-state index >= 15 is 0 Å². The number of rotatable bonds is 6. The van der Waals surface area contributed by atoms with Gasteiger partial charge in [-0.1, -0.05) is 36.4 Å². The van der Waals surface area contributed by atoms with E-state index in [4.69, 9.17) is 0 Å². The second-order valence-electron chi connectivity index (χ2n) is 8.30. The van der Waals surface area contributed by atoms with Crippen LogP contribution in [0.2, 0.25) is 0 Å². The lowest BCUT2D eigenvalue weighted by Gasteiger charge is -2.35. The third-order valence-corrected chi connectivity index (χ3v) is 7.66. The van der Waals surface area contributed by atoms with E-state index in [2.05, 4.69) is 46.3 Å². The fourth-order valence-corrected chi connectivity index (χ4v) is 6.24. The molecule has 3 aliphatic rings. The summed E-state index contributed by atoms with van der Waals surface area (Å²) in [7, 11) is 0. The normalized spacial score (nSPS) is 24.7. The van der Waals surface area contributed by atoms with Crippen molar-refractivity contribution >= 4 is 23.4 Å². The Morgan fingerprint density at radius 2 is 1.62 bits per heavy atom. The third-order valence-electron chi connectivity index (χ3n) is 6.45. The van der Waals surface area contributed by atoms with Gasteiger partial charge in [0.25, 0.3) is 0 Å². The van der Waals surface area contributed by atoms with Crippen molar-refractivity contribution in [2.24, 2.45) is 5.92 Å². The molecule has 152 valence electrons. The van der Waals surface area contributed by atoms with Crippen LogP contribution in [0.5, 0.6) is 0 Å². The predicted octanol–water partition coefficient (Wildman–Crippen LogP) is 4.59. The van der Waals surface area contributed by atoms with Crippen LogP contribution >= 0.6 is 11.8 Å². The standard InChI is InChI=1S/C24H29N3OS/c28-24-21-18-29-22-13-5-4-12-20(22)23(21)26(27(24)19-10-2-1-3-11-19)17-9-8-16-25-14-6-7-15-25/h1-5,10-13,21,23H,6-9,14-18H2. The summed E-state index contributed by atoms with van der Waals surface area (Å²) < 4.78 is 0. The molecule has 0 spiro atoms. The van der Waals surface area contributed by atoms with Crippen molar-refractivity contribution in [3.8, 4) is 0 Å². The molecule has 3 heterocycles. The average molecular weight is 408 g/mol. The minimum Gasteiger partial charge on any atom is -0.303 e. The van der Waals surface area contributed by atoms with E-state index in [0.717, 1.165) is 24.4 Å². The van der Waals surface area contributed by atoms with Gasteiger partial charge in [-0.3, -0.25) is 4.79 Å². The number of anilines is 1. The highest BCUT2D eigenvalue weighted by Gasteiger charge is 2.49. The third kappa shape index (κ3) is 3.72. The van der Waals surface area contributed by atoms with Crippen molar-refractivity contribution < 1.29 is 4.79 Å². The van der Waals surface area contributed by atoms with Gasteiger partial charge in [0.15, 0.2) is 0 Å². The minimum atomic E-state index is 0.0358. The summed E-state index contributed by atoms with van der Waals surface area (Å²) in [6.07, 6.45) is 5.01. The number of unbranched alkanes of at least 4 members (excludes halogenated alkanes) is 1. The molecule has 2 unspecified atom stereocenters. The van der Waals surface area contributed by atoms with E-state index in [9.17, 15) is 4.79 Å². The molecule has 0 bridgehead atoms. The van der Waals surface area contributed by atoms with Crippen LogP contribution in [-0.4, -0.2) is 47.7 Å². The van der Waals surface area contributed by atoms with Crippen molar-refractivity contribution in [3.05, 3.63) is 60.2 Å². The number of hydrazine groups is 1. The van der Waals surface area contributed by atoms with Crippen LogP contribution in [0.3, 0.4) is 0 Å². The van der Waals surface area contributed by atoms with Gasteiger partial charge in [0, 0.05) is 17.2 Å². The van der Waals surface area contributed by atoms with Gasteiger partial charge in [-0.15, -0.1) is 11.8 Å². The summed E-state index contributed by atoms with van der Waals surface area (Å²) in [5.41, 5.74) is 2.31. The van der Waals surface area contributed by atoms with E-state index in [-0.39, 0.29) is 17.9 Å². The predicted molar refractivity (Wildman–Crippen MR) is 119 cm³/mol. The van der Waals surface area contributed by atoms with Gasteiger partial charge in [0.1, 0.15) is 0 Å². The number of thioether (sulfide) groups is 1. The lowest BCUT2D eigenvalue weighted by atomic mass is 9.94. The first kappa shape index (κ1) is 19.2. The van der Waals surface area contributed by atoms with Gasteiger partial charge in [-0.25, -0.2) is 10.0 Å². The first-order valence-electron chi connectivity index (χ1n) is 10.9. The van der Waals surface area contributed by atoms with Gasteiger partial charge < -0.3 is 4.90 Å². The molecule has 2 saturated heterocycles. The summed E-state index contributed by atoms with van der Waals surface area (Å²) in [4.78, 5) is 17.4. The first-order chi connectivity index (χ1) is 14.3. The van der Waals surface area contributed by atoms with Gasteiger partial charge in [-0.2, -0.15) is 0 Å². The fraction of sp³-hybridized carbons (Fsp3) is 0.458. The summed E-state index contributed by atoms with van der Waals surface area (Å²) in [5.74, 6) is 1.16. The molecule has 3 aliphatic heterocycles. The number of hydrogen-bond acceptors (Lipinski definition) is 4. The number of carbonyl (C=O) groups excluding carboxylic acids is 1. The van der Waals surface area contributed by atoms with Crippen molar-refractivity contribution in [1.82, 2.24) is 9.91 Å². The molecule has 2 aromatic carbocycles. The lowest BCUT2D eigenvalue weighted by molar-refractivity contribution is -0.120. The summed E-state index contributed by atoms with van der Waals surface area (Å²) >= 11 is 1.83. The molecular weight excluding hydrogens is 378 g/mol. The Bertz CT molecular complexity index is 852. The number of benzene rings is 2. The van der Waals surface area contributed by atoms with E-state index in [1.807, 2.05) is 35.0 Å². The topological polar surface area (TPSA) is 26.8 Å². The molecule has 0 aliphatic carbocycles. The van der Waals surface area contributed by atoms with E-state index in [1.54, 1.807) is 0 Å². The van der Waals surface area contributed by atoms with Crippen LogP contribution in [0.1, 0.15) is 37.3 Å². The molecule has 4 nitrogen and oxygen atoms in total. The molecule has 5 rings (SSSR count). The van der Waals surface area contributed by atoms with E-state index < -0.39 is 0 Å². The van der Waals surface area contributed by atoms with Gasteiger partial charge >= 0.3 is 0 Å². The monoisotopic (exact) mass is 407 g/mol. The zero-order valence-corrected chi connectivity index (χ0v) is 17.7. The van der Waals surface area contributed by atoms with Gasteiger partial charge in [0.05, 0.1) is 17.6 Å². The minimum absolute atomic E-state index is 0.0358. The molecule has 29 heavy (non-hydrogen) atoms. The molecular formula is C24H29N3OS. The Kier molecular flexibility index (Phi) is 5.62. The molecule has 2 aromatic rings. The second kappa shape index (κ2) is 8.50. The van der Waals surface area contributed by atoms with Crippen molar-refractivity contribution in [3.63, 3.8) is 0 Å². The highest BCUT2D eigenvalue weighted by molar-refractivity contribution is 7.99. The first-order valence-corrected chi connectivity index (χ1v) is 11.9. The smallest absolute Gasteiger partial charge is 0.247 e. The zero-order chi connectivity index (χ0) is 19.6. The van der Waals surface area contributed by atoms with Crippen molar-refractivity contribution in [1.29, 1.82) is 0 Å². The fourth-order valence-electron chi connectivity index (χ4n) is 5.03. The zero-order valence-electron chi connectivity index (χ0n) is 16.9. The quantitative estimate of drug-likeness (QED) is 0.655. The molecule has 0 N–H and O–H groups in total. The summed E-state index contributed by atoms with van der Waals surface area (Å²) in [6.45, 7) is 4.63. The van der Waals surface area contributed by atoms with E-state index in [0.29, 0.717) is 0 Å². The summed E-state index contributed by atoms with van der Waals surface area (Å²) in [6, 6.07) is 19.0. The Balaban J connectivity index is 1.39. The Morgan fingerprint density at radius 1 is 0.897 bits per heavy atom. The summed E-state index contributed by atoms with van der Waals surface area (Å²) in [5, 5.41) is 4.35. The molecule has 5 heteroatoms. The van der Waals surface area contributed by atoms with Crippen molar-refractivity contribution in [2.45, 2.75) is 36.6 Å². The number of amides is 1. The average Bonchev–Trinajstić information content (AvgIpc) is 3.38. The lowest BCUT2D eigenvalue weighted by Crippen LogP contribution is -2.41. The molecule has 1 amide bonds. The largest absolute Gasteiger partial charge is 0.303 e. The van der Waals surface area contributed by atoms with Crippen LogP contribution in [0.15, 0.2) is 59.5 Å². The van der Waals surface area contributed by atoms with E-state index in [1.165, 1.54) is 49.4 Å². The number of hydrogen-bond donors (Lipinski definition) is 0. The highest BCUT2D eigenvalue weighted by Crippen LogP contribution is 2.48. The molecule has 2 atom stereocenters. The maximum absolute atomic E-state index is 13.5. The Morgan fingerprint density at radius 3 is 2.45 bits per heavy atom. The number of fused-ring (bicyclic) bond motifs is 3. The molecule has 2 fully saturated rings. The highest BCUT2D eigenvalue weighted by atomic mass is 32.2. The Hall–Kier alpha value is -1.82. The maximum Gasteiger partial charge on any atom is 0.247 e. The van der Waals surface area contributed by atoms with Crippen LogP contribution < -0.4 is 5.01 Å². The van der Waals surface area contributed by atoms with Crippen LogP contribution in [-0.2, 0) is 4.79 Å². The second-order valence-corrected chi connectivity index (χ2v) is 9.37. The maximum atomic E-state index is 13.5. The van der Waals surface area contributed by atoms with Gasteiger partial charge in [-0.05, 0) is 69.1 Å².